The Kier molecular flexibility index (Phi) is 9.71. The van der Waals surface area contributed by atoms with E-state index in [1.165, 1.54) is 18.0 Å². The van der Waals surface area contributed by atoms with Crippen molar-refractivity contribution in [1.82, 2.24) is 20.1 Å². The quantitative estimate of drug-likeness (QED) is 0.558. The molecule has 3 aromatic rings. The van der Waals surface area contributed by atoms with Gasteiger partial charge in [-0.1, -0.05) is 54.8 Å². The molecular formula is C22H27N7O2V. The number of H-pyrrole nitrogens is 1. The number of rotatable bonds is 3. The molecule has 3 heterocycles. The van der Waals surface area contributed by atoms with E-state index in [9.17, 15) is 9.59 Å². The van der Waals surface area contributed by atoms with Gasteiger partial charge in [0.25, 0.3) is 0 Å². The molecular weight excluding hydrogens is 445 g/mol. The Morgan fingerprint density at radius 3 is 2.72 bits per heavy atom. The molecule has 0 saturated carbocycles. The predicted octanol–water partition coefficient (Wildman–Crippen LogP) is 4.03. The van der Waals surface area contributed by atoms with Crippen LogP contribution in [0.25, 0.3) is 22.0 Å². The molecule has 2 aromatic heterocycles. The van der Waals surface area contributed by atoms with Crippen molar-refractivity contribution in [2.24, 2.45) is 5.92 Å². The van der Waals surface area contributed by atoms with Gasteiger partial charge in [0.2, 0.25) is 0 Å². The van der Waals surface area contributed by atoms with Crippen LogP contribution in [-0.2, 0) is 34.7 Å². The van der Waals surface area contributed by atoms with Crippen molar-refractivity contribution in [2.45, 2.75) is 26.3 Å². The summed E-state index contributed by atoms with van der Waals surface area (Å²) >= 11 is 0. The van der Waals surface area contributed by atoms with Gasteiger partial charge >= 0.3 is 30.4 Å². The molecule has 1 saturated heterocycles. The number of pyridine rings is 1. The van der Waals surface area contributed by atoms with Gasteiger partial charge in [-0.2, -0.15) is 12.1 Å². The molecule has 1 unspecified atom stereocenters. The van der Waals surface area contributed by atoms with Gasteiger partial charge in [-0.15, -0.1) is 6.54 Å². The summed E-state index contributed by atoms with van der Waals surface area (Å²) in [5, 5.41) is 13.6. The first-order chi connectivity index (χ1) is 15.0. The van der Waals surface area contributed by atoms with Crippen LogP contribution in [0.3, 0.4) is 0 Å². The monoisotopic (exact) mass is 472 g/mol. The van der Waals surface area contributed by atoms with E-state index in [2.05, 4.69) is 44.9 Å². The largest absolute Gasteiger partial charge is 2.00 e. The zero-order valence-corrected chi connectivity index (χ0v) is 19.6. The molecule has 10 heteroatoms. The Bertz CT molecular complexity index is 1030. The van der Waals surface area contributed by atoms with E-state index in [1.807, 2.05) is 25.2 Å². The van der Waals surface area contributed by atoms with Crippen LogP contribution in [0.5, 0.6) is 0 Å². The summed E-state index contributed by atoms with van der Waals surface area (Å²) in [5.74, 6) is -0.745. The number of hydrogen-bond donors (Lipinski definition) is 2. The fourth-order valence-electron chi connectivity index (χ4n) is 3.49. The first kappa shape index (κ1) is 25.4. The molecule has 9 nitrogen and oxygen atoms in total. The number of nitrogens with zero attached hydrogens (tertiary/aromatic N) is 4. The van der Waals surface area contributed by atoms with Crippen LogP contribution in [0, 0.1) is 5.92 Å². The van der Waals surface area contributed by atoms with Crippen LogP contribution >= 0.6 is 0 Å². The molecule has 1 radical (unpaired) electrons. The van der Waals surface area contributed by atoms with Crippen LogP contribution in [0.1, 0.15) is 25.3 Å². The van der Waals surface area contributed by atoms with Crippen molar-refractivity contribution < 1.29 is 28.1 Å². The Hall–Kier alpha value is -2.88. The maximum absolute atomic E-state index is 12.2. The van der Waals surface area contributed by atoms with E-state index < -0.39 is 11.8 Å². The molecule has 1 aromatic carbocycles. The maximum atomic E-state index is 12.2. The maximum Gasteiger partial charge on any atom is 2.00 e. The van der Waals surface area contributed by atoms with E-state index in [4.69, 9.17) is 5.73 Å². The number of anilines is 1. The van der Waals surface area contributed by atoms with E-state index >= 15 is 0 Å². The third kappa shape index (κ3) is 6.56. The fraction of sp³-hybridized carbons (Fsp3) is 0.364. The number of aromatic nitrogens is 3. The summed E-state index contributed by atoms with van der Waals surface area (Å²) in [5.41, 5.74) is 9.79. The minimum Gasteiger partial charge on any atom is -0.661 e. The second kappa shape index (κ2) is 12.2. The fourth-order valence-corrected chi connectivity index (χ4v) is 3.49. The average Bonchev–Trinajstić information content (AvgIpc) is 3.28. The summed E-state index contributed by atoms with van der Waals surface area (Å²) in [4.78, 5) is 29.8. The standard InChI is InChI=1S/C14H18N6O2.C8H10N.V/c1-8-3-2-4-20(7-8)14(22)13(21)18-10-6-16-12(15)9-5-17-19-11(9)10;1-9-7-8-5-3-2-4-6-8;/h5-6,8H,2-4,7H2,1H3,(H4,15,16,17,18,19,21,22);2-6H,7H2,1H3;/q;-1;+2/p-1. The SMILES string of the molecule is CC1CCCN(C(=O)C(=O)Nc2cnc([NH-])c3cn[nH]c23)C1.C[N-]Cc1ccccc1.[V+2]. The molecule has 1 aliphatic heterocycles. The van der Waals surface area contributed by atoms with Crippen molar-refractivity contribution in [1.29, 1.82) is 0 Å². The minimum absolute atomic E-state index is 0. The number of hydrogen-bond acceptors (Lipinski definition) is 4. The molecule has 1 fully saturated rings. The first-order valence-electron chi connectivity index (χ1n) is 10.2. The molecule has 4 rings (SSSR count). The van der Waals surface area contributed by atoms with Gasteiger partial charge in [0, 0.05) is 18.5 Å². The molecule has 0 spiro atoms. The van der Waals surface area contributed by atoms with Gasteiger partial charge < -0.3 is 26.3 Å². The van der Waals surface area contributed by atoms with Gasteiger partial charge in [0.15, 0.2) is 0 Å². The van der Waals surface area contributed by atoms with Gasteiger partial charge in [-0.05, 0) is 18.8 Å². The number of likely N-dealkylation sites (tertiary alicyclic amines) is 1. The zero-order chi connectivity index (χ0) is 22.2. The van der Waals surface area contributed by atoms with Crippen molar-refractivity contribution in [3.8, 4) is 0 Å². The van der Waals surface area contributed by atoms with Crippen molar-refractivity contribution in [3.63, 3.8) is 0 Å². The van der Waals surface area contributed by atoms with Crippen LogP contribution in [0.4, 0.5) is 11.5 Å². The van der Waals surface area contributed by atoms with Gasteiger partial charge in [0.05, 0.1) is 17.4 Å². The van der Waals surface area contributed by atoms with E-state index in [0.717, 1.165) is 19.4 Å². The number of piperidine rings is 1. The van der Waals surface area contributed by atoms with Crippen LogP contribution < -0.4 is 5.32 Å². The van der Waals surface area contributed by atoms with Gasteiger partial charge in [-0.25, -0.2) is 0 Å². The van der Waals surface area contributed by atoms with Crippen LogP contribution in [-0.4, -0.2) is 52.0 Å². The Balaban J connectivity index is 0.000000307. The predicted molar refractivity (Wildman–Crippen MR) is 121 cm³/mol. The molecule has 167 valence electrons. The molecule has 0 aliphatic carbocycles. The van der Waals surface area contributed by atoms with Gasteiger partial charge in [-0.3, -0.25) is 14.7 Å². The van der Waals surface area contributed by atoms with E-state index in [0.29, 0.717) is 35.6 Å². The number of carbonyl (C=O) groups excluding carboxylic acids is 2. The zero-order valence-electron chi connectivity index (χ0n) is 18.2. The second-order valence-corrected chi connectivity index (χ2v) is 7.59. The van der Waals surface area contributed by atoms with Crippen molar-refractivity contribution in [2.75, 3.05) is 25.5 Å². The third-order valence-electron chi connectivity index (χ3n) is 5.06. The smallest absolute Gasteiger partial charge is 0.661 e. The number of amides is 2. The molecule has 3 N–H and O–H groups in total. The molecule has 1 atom stereocenters. The number of benzene rings is 1. The third-order valence-corrected chi connectivity index (χ3v) is 5.06. The van der Waals surface area contributed by atoms with E-state index in [1.54, 1.807) is 4.90 Å². The Morgan fingerprint density at radius 2 is 2.03 bits per heavy atom. The second-order valence-electron chi connectivity index (χ2n) is 7.59. The summed E-state index contributed by atoms with van der Waals surface area (Å²) in [6.07, 6.45) is 4.82. The average molecular weight is 472 g/mol. The number of nitrogens with one attached hydrogen (secondary N) is 3. The van der Waals surface area contributed by atoms with Crippen LogP contribution in [0.2, 0.25) is 0 Å². The molecule has 1 aliphatic rings. The summed E-state index contributed by atoms with van der Waals surface area (Å²) < 4.78 is 0. The van der Waals surface area contributed by atoms with Crippen LogP contribution in [0.15, 0.2) is 42.7 Å². The first-order valence-corrected chi connectivity index (χ1v) is 10.2. The summed E-state index contributed by atoms with van der Waals surface area (Å²) in [6.45, 7) is 4.12. The number of aromatic amines is 1. The normalized spacial score (nSPS) is 15.3. The Morgan fingerprint density at radius 1 is 1.28 bits per heavy atom. The minimum atomic E-state index is -0.690. The van der Waals surface area contributed by atoms with Crippen molar-refractivity contribution >= 4 is 34.2 Å². The summed E-state index contributed by atoms with van der Waals surface area (Å²) in [7, 11) is 1.83. The molecule has 0 bridgehead atoms. The number of carbonyl (C=O) groups is 2. The molecule has 2 amide bonds. The summed E-state index contributed by atoms with van der Waals surface area (Å²) in [6, 6.07) is 10.2. The van der Waals surface area contributed by atoms with Crippen molar-refractivity contribution in [3.05, 3.63) is 59.3 Å². The Labute approximate surface area is 199 Å². The number of fused-ring (bicyclic) bond motifs is 1. The van der Waals surface area contributed by atoms with E-state index in [-0.39, 0.29) is 24.4 Å². The topological polar surface area (TPSA) is 129 Å². The molecule has 32 heavy (non-hydrogen) atoms. The van der Waals surface area contributed by atoms with Gasteiger partial charge in [0.1, 0.15) is 0 Å².